The highest BCUT2D eigenvalue weighted by molar-refractivity contribution is 7.17. The summed E-state index contributed by atoms with van der Waals surface area (Å²) < 4.78 is 4.56. The van der Waals surface area contributed by atoms with Crippen molar-refractivity contribution in [3.05, 3.63) is 40.2 Å². The molecule has 1 unspecified atom stereocenters. The fourth-order valence-electron chi connectivity index (χ4n) is 3.59. The second-order valence-corrected chi connectivity index (χ2v) is 7.76. The van der Waals surface area contributed by atoms with Crippen LogP contribution in [-0.2, 0) is 13.1 Å². The molecule has 1 N–H and O–H groups in total. The van der Waals surface area contributed by atoms with E-state index in [4.69, 9.17) is 4.98 Å². The highest BCUT2D eigenvalue weighted by atomic mass is 32.1. The summed E-state index contributed by atoms with van der Waals surface area (Å²) in [5, 5.41) is 3.64. The Bertz CT molecular complexity index is 841. The zero-order valence-corrected chi connectivity index (χ0v) is 14.8. The van der Waals surface area contributed by atoms with Crippen LogP contribution >= 0.6 is 11.3 Å². The van der Waals surface area contributed by atoms with E-state index in [1.807, 2.05) is 0 Å². The molecule has 5 nitrogen and oxygen atoms in total. The molecule has 4 heterocycles. The van der Waals surface area contributed by atoms with Crippen molar-refractivity contribution in [1.82, 2.24) is 24.3 Å². The van der Waals surface area contributed by atoms with Gasteiger partial charge in [0.15, 0.2) is 4.96 Å². The van der Waals surface area contributed by atoms with Gasteiger partial charge in [-0.1, -0.05) is 0 Å². The topological polar surface area (TPSA) is 47.2 Å². The lowest BCUT2D eigenvalue weighted by Gasteiger charge is -2.23. The van der Waals surface area contributed by atoms with Crippen LogP contribution in [0.3, 0.4) is 0 Å². The third-order valence-corrected chi connectivity index (χ3v) is 5.57. The summed E-state index contributed by atoms with van der Waals surface area (Å²) in [6, 6.07) is 0. The molecule has 3 aromatic rings. The van der Waals surface area contributed by atoms with E-state index >= 15 is 0 Å². The zero-order valence-electron chi connectivity index (χ0n) is 14.0. The van der Waals surface area contributed by atoms with Crippen molar-refractivity contribution in [1.29, 1.82) is 0 Å². The van der Waals surface area contributed by atoms with Gasteiger partial charge in [-0.25, -0.2) is 9.97 Å². The summed E-state index contributed by atoms with van der Waals surface area (Å²) in [5.41, 5.74) is 3.54. The van der Waals surface area contributed by atoms with Crippen LogP contribution < -0.4 is 5.32 Å². The second kappa shape index (κ2) is 5.76. The summed E-state index contributed by atoms with van der Waals surface area (Å²) in [6.07, 6.45) is 6.84. The molecule has 1 atom stereocenters. The van der Waals surface area contributed by atoms with Gasteiger partial charge >= 0.3 is 0 Å². The maximum Gasteiger partial charge on any atom is 0.194 e. The number of hydrogen-bond donors (Lipinski definition) is 1. The lowest BCUT2D eigenvalue weighted by atomic mass is 9.99. The van der Waals surface area contributed by atoms with Crippen LogP contribution in [0.1, 0.15) is 46.5 Å². The summed E-state index contributed by atoms with van der Waals surface area (Å²) in [5.74, 6) is 1.77. The number of nitrogens with one attached hydrogen (secondary N) is 1. The first-order valence-corrected chi connectivity index (χ1v) is 9.12. The first-order chi connectivity index (χ1) is 11.1. The van der Waals surface area contributed by atoms with Crippen molar-refractivity contribution >= 4 is 16.3 Å². The molecule has 0 radical (unpaired) electrons. The number of fused-ring (bicyclic) bond motifs is 2. The molecule has 0 fully saturated rings. The summed E-state index contributed by atoms with van der Waals surface area (Å²) >= 11 is 1.75. The molecule has 0 amide bonds. The van der Waals surface area contributed by atoms with Crippen LogP contribution in [0.25, 0.3) is 4.96 Å². The van der Waals surface area contributed by atoms with Crippen LogP contribution in [0.4, 0.5) is 0 Å². The standard InChI is InChI=1S/C17H23N5S/c1-11-9-21-6-4-5-14(16(21)19-11)7-18-8-15-13(3)20-17-22(15)10-12(2)23-17/h9-10,14,18H,4-8H2,1-3H3. The molecule has 1 aliphatic rings. The third kappa shape index (κ3) is 2.70. The van der Waals surface area contributed by atoms with Crippen molar-refractivity contribution in [2.45, 2.75) is 52.6 Å². The SMILES string of the molecule is Cc1cn2c(n1)C(CNCc1c(C)nc3sc(C)cn13)CCC2. The van der Waals surface area contributed by atoms with E-state index in [0.717, 1.165) is 36.0 Å². The van der Waals surface area contributed by atoms with Crippen LogP contribution in [0.15, 0.2) is 12.4 Å². The van der Waals surface area contributed by atoms with E-state index in [-0.39, 0.29) is 0 Å². The van der Waals surface area contributed by atoms with E-state index in [1.165, 1.54) is 29.2 Å². The Kier molecular flexibility index (Phi) is 3.73. The van der Waals surface area contributed by atoms with Crippen LogP contribution in [0.2, 0.25) is 0 Å². The molecule has 0 aliphatic carbocycles. The average molecular weight is 329 g/mol. The number of rotatable bonds is 4. The minimum Gasteiger partial charge on any atom is -0.334 e. The maximum atomic E-state index is 4.73. The largest absolute Gasteiger partial charge is 0.334 e. The molecule has 0 bridgehead atoms. The first-order valence-electron chi connectivity index (χ1n) is 8.30. The maximum absolute atomic E-state index is 4.73. The van der Waals surface area contributed by atoms with E-state index in [2.05, 4.69) is 52.4 Å². The summed E-state index contributed by atoms with van der Waals surface area (Å²) in [4.78, 5) is 11.8. The molecule has 3 aromatic heterocycles. The van der Waals surface area contributed by atoms with Crippen molar-refractivity contribution in [3.63, 3.8) is 0 Å². The van der Waals surface area contributed by atoms with Crippen LogP contribution in [0.5, 0.6) is 0 Å². The monoisotopic (exact) mass is 329 g/mol. The average Bonchev–Trinajstić information content (AvgIpc) is 3.12. The molecule has 4 rings (SSSR count). The molecule has 0 saturated carbocycles. The summed E-state index contributed by atoms with van der Waals surface area (Å²) in [6.45, 7) is 9.27. The first kappa shape index (κ1) is 14.9. The van der Waals surface area contributed by atoms with Gasteiger partial charge < -0.3 is 9.88 Å². The van der Waals surface area contributed by atoms with Crippen LogP contribution in [-0.4, -0.2) is 25.5 Å². The van der Waals surface area contributed by atoms with E-state index in [1.54, 1.807) is 11.3 Å². The Balaban J connectivity index is 1.47. The Morgan fingerprint density at radius 3 is 3.00 bits per heavy atom. The molecule has 0 aromatic carbocycles. The molecule has 0 saturated heterocycles. The lowest BCUT2D eigenvalue weighted by Crippen LogP contribution is -2.27. The van der Waals surface area contributed by atoms with Gasteiger partial charge in [0.1, 0.15) is 5.82 Å². The summed E-state index contributed by atoms with van der Waals surface area (Å²) in [7, 11) is 0. The zero-order chi connectivity index (χ0) is 16.0. The van der Waals surface area contributed by atoms with Gasteiger partial charge in [0, 0.05) is 42.8 Å². The molecular weight excluding hydrogens is 306 g/mol. The van der Waals surface area contributed by atoms with Crippen molar-refractivity contribution in [2.75, 3.05) is 6.54 Å². The number of thiazole rings is 1. The van der Waals surface area contributed by atoms with Crippen molar-refractivity contribution in [3.8, 4) is 0 Å². The molecular formula is C17H23N5S. The van der Waals surface area contributed by atoms with Crippen LogP contribution in [0, 0.1) is 20.8 Å². The van der Waals surface area contributed by atoms with Crippen molar-refractivity contribution in [2.24, 2.45) is 0 Å². The third-order valence-electron chi connectivity index (χ3n) is 4.67. The molecule has 0 spiro atoms. The number of imidazole rings is 2. The van der Waals surface area contributed by atoms with Crippen molar-refractivity contribution < 1.29 is 0 Å². The molecule has 6 heteroatoms. The van der Waals surface area contributed by atoms with E-state index in [9.17, 15) is 0 Å². The molecule has 23 heavy (non-hydrogen) atoms. The van der Waals surface area contributed by atoms with Gasteiger partial charge in [-0.05, 0) is 33.6 Å². The Morgan fingerprint density at radius 1 is 1.26 bits per heavy atom. The predicted molar refractivity (Wildman–Crippen MR) is 93.2 cm³/mol. The predicted octanol–water partition coefficient (Wildman–Crippen LogP) is 3.18. The highest BCUT2D eigenvalue weighted by Crippen LogP contribution is 2.26. The number of nitrogens with zero attached hydrogens (tertiary/aromatic N) is 4. The van der Waals surface area contributed by atoms with Gasteiger partial charge in [-0.2, -0.15) is 0 Å². The smallest absolute Gasteiger partial charge is 0.194 e. The minimum atomic E-state index is 0.519. The fraction of sp³-hybridized carbons (Fsp3) is 0.529. The lowest BCUT2D eigenvalue weighted by molar-refractivity contribution is 0.422. The number of aryl methyl sites for hydroxylation is 4. The normalized spacial score (nSPS) is 17.8. The molecule has 122 valence electrons. The van der Waals surface area contributed by atoms with Gasteiger partial charge in [0.05, 0.1) is 17.1 Å². The number of aromatic nitrogens is 4. The minimum absolute atomic E-state index is 0.519. The molecule has 1 aliphatic heterocycles. The quantitative estimate of drug-likeness (QED) is 0.800. The van der Waals surface area contributed by atoms with Gasteiger partial charge in [-0.15, -0.1) is 11.3 Å². The number of hydrogen-bond acceptors (Lipinski definition) is 4. The van der Waals surface area contributed by atoms with Gasteiger partial charge in [-0.3, -0.25) is 4.40 Å². The Hall–Kier alpha value is -1.66. The van der Waals surface area contributed by atoms with Gasteiger partial charge in [0.25, 0.3) is 0 Å². The van der Waals surface area contributed by atoms with E-state index < -0.39 is 0 Å². The van der Waals surface area contributed by atoms with E-state index in [0.29, 0.717) is 5.92 Å². The van der Waals surface area contributed by atoms with Gasteiger partial charge in [0.2, 0.25) is 0 Å². The highest BCUT2D eigenvalue weighted by Gasteiger charge is 2.22. The second-order valence-electron chi connectivity index (χ2n) is 6.54. The fourth-order valence-corrected chi connectivity index (χ4v) is 4.48. The Labute approximate surface area is 140 Å². The Morgan fingerprint density at radius 2 is 2.13 bits per heavy atom.